The van der Waals surface area contributed by atoms with Crippen LogP contribution in [0.15, 0.2) is 52.9 Å². The number of aromatic nitrogens is 1. The Kier molecular flexibility index (Phi) is 5.18. The first-order valence-electron chi connectivity index (χ1n) is 9.27. The Morgan fingerprint density at radius 1 is 1.21 bits per heavy atom. The zero-order chi connectivity index (χ0) is 19.7. The molecule has 0 atom stereocenters. The molecule has 3 aromatic rings. The van der Waals surface area contributed by atoms with E-state index in [1.54, 1.807) is 24.0 Å². The molecule has 1 aromatic heterocycles. The van der Waals surface area contributed by atoms with Gasteiger partial charge in [-0.25, -0.2) is 9.37 Å². The maximum Gasteiger partial charge on any atom is 0.229 e. The Labute approximate surface area is 167 Å². The van der Waals surface area contributed by atoms with Crippen molar-refractivity contribution < 1.29 is 13.6 Å². The van der Waals surface area contributed by atoms with E-state index in [9.17, 15) is 9.18 Å². The highest BCUT2D eigenvalue weighted by Crippen LogP contribution is 2.31. The van der Waals surface area contributed by atoms with Gasteiger partial charge in [0.2, 0.25) is 11.8 Å². The topological polar surface area (TPSA) is 46.3 Å². The minimum Gasteiger partial charge on any atom is -0.441 e. The van der Waals surface area contributed by atoms with Crippen molar-refractivity contribution in [2.75, 3.05) is 0 Å². The summed E-state index contributed by atoms with van der Waals surface area (Å²) in [4.78, 5) is 19.2. The van der Waals surface area contributed by atoms with Gasteiger partial charge in [0.1, 0.15) is 11.6 Å². The van der Waals surface area contributed by atoms with E-state index in [-0.39, 0.29) is 24.9 Å². The molecule has 1 fully saturated rings. The van der Waals surface area contributed by atoms with Crippen molar-refractivity contribution in [2.45, 2.75) is 38.8 Å². The van der Waals surface area contributed by atoms with Gasteiger partial charge in [0.05, 0.1) is 18.7 Å². The van der Waals surface area contributed by atoms with Crippen LogP contribution in [0.4, 0.5) is 4.39 Å². The average molecular weight is 399 g/mol. The third kappa shape index (κ3) is 3.94. The molecule has 1 aliphatic rings. The monoisotopic (exact) mass is 398 g/mol. The van der Waals surface area contributed by atoms with Gasteiger partial charge < -0.3 is 9.32 Å². The molecule has 144 valence electrons. The average Bonchev–Trinajstić information content (AvgIpc) is 3.46. The molecule has 1 saturated carbocycles. The number of carbonyl (C=O) groups is 1. The molecule has 0 saturated heterocycles. The summed E-state index contributed by atoms with van der Waals surface area (Å²) in [5, 5.41) is 0.336. The minimum atomic E-state index is -0.394. The van der Waals surface area contributed by atoms with E-state index < -0.39 is 5.82 Å². The highest BCUT2D eigenvalue weighted by molar-refractivity contribution is 6.31. The van der Waals surface area contributed by atoms with Crippen LogP contribution in [0.3, 0.4) is 0 Å². The molecule has 1 amide bonds. The van der Waals surface area contributed by atoms with Crippen LogP contribution in [0, 0.1) is 12.7 Å². The first-order chi connectivity index (χ1) is 13.5. The molecule has 0 aliphatic heterocycles. The maximum absolute atomic E-state index is 14.2. The third-order valence-corrected chi connectivity index (χ3v) is 5.28. The third-order valence-electron chi connectivity index (χ3n) is 4.93. The van der Waals surface area contributed by atoms with E-state index in [2.05, 4.69) is 4.98 Å². The molecular weight excluding hydrogens is 379 g/mol. The Morgan fingerprint density at radius 3 is 2.64 bits per heavy atom. The summed E-state index contributed by atoms with van der Waals surface area (Å²) in [5.41, 5.74) is 1.82. The Balaban J connectivity index is 1.54. The first-order valence-corrected chi connectivity index (χ1v) is 9.65. The van der Waals surface area contributed by atoms with Crippen LogP contribution >= 0.6 is 11.6 Å². The second-order valence-electron chi connectivity index (χ2n) is 7.02. The Hall–Kier alpha value is -2.66. The number of nitrogens with zero attached hydrogens (tertiary/aromatic N) is 2. The predicted octanol–water partition coefficient (Wildman–Crippen LogP) is 5.18. The number of halogens is 2. The van der Waals surface area contributed by atoms with Crippen LogP contribution in [0.2, 0.25) is 5.02 Å². The number of hydrogen-bond acceptors (Lipinski definition) is 3. The number of aryl methyl sites for hydroxylation is 1. The van der Waals surface area contributed by atoms with Crippen molar-refractivity contribution in [1.29, 1.82) is 0 Å². The molecule has 4 rings (SSSR count). The lowest BCUT2D eigenvalue weighted by molar-refractivity contribution is -0.131. The van der Waals surface area contributed by atoms with Crippen LogP contribution in [0.25, 0.3) is 11.5 Å². The highest BCUT2D eigenvalue weighted by Gasteiger charge is 2.34. The molecule has 2 aromatic carbocycles. The zero-order valence-electron chi connectivity index (χ0n) is 15.5. The second kappa shape index (κ2) is 7.76. The van der Waals surface area contributed by atoms with Gasteiger partial charge in [0.15, 0.2) is 0 Å². The number of hydrogen-bond donors (Lipinski definition) is 0. The van der Waals surface area contributed by atoms with E-state index in [0.717, 1.165) is 18.4 Å². The van der Waals surface area contributed by atoms with Gasteiger partial charge >= 0.3 is 0 Å². The normalized spacial score (nSPS) is 13.5. The molecule has 0 bridgehead atoms. The molecule has 1 aliphatic carbocycles. The molecule has 0 spiro atoms. The van der Waals surface area contributed by atoms with Crippen LogP contribution in [0.1, 0.15) is 29.9 Å². The SMILES string of the molecule is Cc1oc(-c2ccccc2)nc1CC(=O)N(Cc1c(F)cccc1Cl)C1CC1. The van der Waals surface area contributed by atoms with E-state index in [1.807, 2.05) is 30.3 Å². The quantitative estimate of drug-likeness (QED) is 0.575. The van der Waals surface area contributed by atoms with Crippen LogP contribution in [0.5, 0.6) is 0 Å². The van der Waals surface area contributed by atoms with E-state index in [1.165, 1.54) is 6.07 Å². The summed E-state index contributed by atoms with van der Waals surface area (Å²) in [6.07, 6.45) is 1.96. The summed E-state index contributed by atoms with van der Waals surface area (Å²) < 4.78 is 19.9. The molecule has 0 unspecified atom stereocenters. The summed E-state index contributed by atoms with van der Waals surface area (Å²) in [6, 6.07) is 14.3. The van der Waals surface area contributed by atoms with Crippen molar-refractivity contribution in [3.63, 3.8) is 0 Å². The molecule has 0 radical (unpaired) electrons. The van der Waals surface area contributed by atoms with Crippen molar-refractivity contribution >= 4 is 17.5 Å². The molecule has 1 heterocycles. The lowest BCUT2D eigenvalue weighted by Crippen LogP contribution is -2.34. The predicted molar refractivity (Wildman–Crippen MR) is 105 cm³/mol. The molecule has 4 nitrogen and oxygen atoms in total. The summed E-state index contributed by atoms with van der Waals surface area (Å²) in [5.74, 6) is 0.621. The standard InChI is InChI=1S/C22H20ClFN2O2/c1-14-20(25-22(28-14)15-6-3-2-4-7-15)12-21(27)26(16-10-11-16)13-17-18(23)8-5-9-19(17)24/h2-9,16H,10-13H2,1H3. The Morgan fingerprint density at radius 2 is 1.96 bits per heavy atom. The van der Waals surface area contributed by atoms with Crippen LogP contribution < -0.4 is 0 Å². The number of oxazole rings is 1. The number of amides is 1. The van der Waals surface area contributed by atoms with Gasteiger partial charge in [0.25, 0.3) is 0 Å². The van der Waals surface area contributed by atoms with E-state index in [0.29, 0.717) is 27.9 Å². The van der Waals surface area contributed by atoms with Gasteiger partial charge in [-0.05, 0) is 44.0 Å². The number of benzene rings is 2. The van der Waals surface area contributed by atoms with Crippen molar-refractivity contribution in [2.24, 2.45) is 0 Å². The molecular formula is C22H20ClFN2O2. The summed E-state index contributed by atoms with van der Waals surface area (Å²) >= 11 is 6.15. The maximum atomic E-state index is 14.2. The second-order valence-corrected chi connectivity index (χ2v) is 7.42. The zero-order valence-corrected chi connectivity index (χ0v) is 16.2. The van der Waals surface area contributed by atoms with Crippen molar-refractivity contribution in [3.8, 4) is 11.5 Å². The fourth-order valence-corrected chi connectivity index (χ4v) is 3.42. The van der Waals surface area contributed by atoms with Crippen molar-refractivity contribution in [1.82, 2.24) is 9.88 Å². The highest BCUT2D eigenvalue weighted by atomic mass is 35.5. The van der Waals surface area contributed by atoms with Gasteiger partial charge in [-0.3, -0.25) is 4.79 Å². The minimum absolute atomic E-state index is 0.0992. The summed E-state index contributed by atoms with van der Waals surface area (Å²) in [7, 11) is 0. The largest absolute Gasteiger partial charge is 0.441 e. The van der Waals surface area contributed by atoms with E-state index >= 15 is 0 Å². The van der Waals surface area contributed by atoms with Gasteiger partial charge in [0, 0.05) is 22.2 Å². The lowest BCUT2D eigenvalue weighted by Gasteiger charge is -2.23. The molecule has 28 heavy (non-hydrogen) atoms. The molecule has 0 N–H and O–H groups in total. The number of rotatable bonds is 6. The first kappa shape index (κ1) is 18.7. The van der Waals surface area contributed by atoms with Gasteiger partial charge in [-0.1, -0.05) is 35.9 Å². The van der Waals surface area contributed by atoms with Crippen LogP contribution in [-0.2, 0) is 17.8 Å². The smallest absolute Gasteiger partial charge is 0.229 e. The Bertz CT molecular complexity index is 979. The lowest BCUT2D eigenvalue weighted by atomic mass is 10.1. The van der Waals surface area contributed by atoms with Crippen LogP contribution in [-0.4, -0.2) is 21.8 Å². The number of carbonyl (C=O) groups excluding carboxylic acids is 1. The van der Waals surface area contributed by atoms with Gasteiger partial charge in [-0.2, -0.15) is 0 Å². The fourth-order valence-electron chi connectivity index (χ4n) is 3.20. The van der Waals surface area contributed by atoms with E-state index in [4.69, 9.17) is 16.0 Å². The van der Waals surface area contributed by atoms with Gasteiger partial charge in [-0.15, -0.1) is 0 Å². The van der Waals surface area contributed by atoms with Crippen molar-refractivity contribution in [3.05, 3.63) is 76.4 Å². The fraction of sp³-hybridized carbons (Fsp3) is 0.273. The summed E-state index contributed by atoms with van der Waals surface area (Å²) in [6.45, 7) is 1.97. The molecule has 6 heteroatoms.